The number of rotatable bonds is 5. The number of para-hydroxylation sites is 1. The molecule has 1 atom stereocenters. The number of hydrogen-bond acceptors (Lipinski definition) is 6. The van der Waals surface area contributed by atoms with Crippen molar-refractivity contribution in [3.8, 4) is 11.5 Å². The lowest BCUT2D eigenvalue weighted by molar-refractivity contribution is -0.134. The van der Waals surface area contributed by atoms with Crippen LogP contribution in [0.4, 0.5) is 0 Å². The maximum atomic E-state index is 13.0. The van der Waals surface area contributed by atoms with E-state index in [1.54, 1.807) is 31.5 Å². The minimum absolute atomic E-state index is 0.0943. The lowest BCUT2D eigenvalue weighted by Crippen LogP contribution is -2.57. The maximum Gasteiger partial charge on any atom is 0.255 e. The monoisotopic (exact) mass is 427 g/mol. The van der Waals surface area contributed by atoms with Crippen LogP contribution < -0.4 is 20.1 Å². The van der Waals surface area contributed by atoms with E-state index in [1.165, 1.54) is 19.9 Å². The maximum absolute atomic E-state index is 13.0. The van der Waals surface area contributed by atoms with Gasteiger partial charge in [0.05, 0.1) is 37.3 Å². The molecule has 2 amide bonds. The van der Waals surface area contributed by atoms with E-state index in [2.05, 4.69) is 20.6 Å². The van der Waals surface area contributed by atoms with Gasteiger partial charge < -0.3 is 30.0 Å². The molecule has 9 heteroatoms. The predicted molar refractivity (Wildman–Crippen MR) is 114 cm³/mol. The molecule has 2 aliphatic heterocycles. The van der Waals surface area contributed by atoms with Crippen LogP contribution in [0.3, 0.4) is 0 Å². The lowest BCUT2D eigenvalue weighted by atomic mass is 9.80. The van der Waals surface area contributed by atoms with Crippen LogP contribution in [-0.4, -0.2) is 66.6 Å². The minimum atomic E-state index is -0.655. The van der Waals surface area contributed by atoms with Crippen molar-refractivity contribution in [1.29, 1.82) is 0 Å². The Morgan fingerprint density at radius 1 is 1.23 bits per heavy atom. The second kappa shape index (κ2) is 8.58. The topological polar surface area (TPSA) is 109 Å². The molecule has 3 heterocycles. The third kappa shape index (κ3) is 3.85. The number of benzene rings is 1. The van der Waals surface area contributed by atoms with Crippen LogP contribution in [0.15, 0.2) is 24.5 Å². The van der Waals surface area contributed by atoms with Crippen molar-refractivity contribution in [3.05, 3.63) is 41.5 Å². The van der Waals surface area contributed by atoms with E-state index in [9.17, 15) is 9.59 Å². The first kappa shape index (κ1) is 21.2. The molecule has 31 heavy (non-hydrogen) atoms. The molecule has 1 fully saturated rings. The summed E-state index contributed by atoms with van der Waals surface area (Å²) in [6, 6.07) is 4.43. The Bertz CT molecular complexity index is 965. The first-order valence-corrected chi connectivity index (χ1v) is 10.6. The van der Waals surface area contributed by atoms with Gasteiger partial charge in [-0.2, -0.15) is 0 Å². The quantitative estimate of drug-likeness (QED) is 0.662. The average Bonchev–Trinajstić information content (AvgIpc) is 3.29. The number of nitrogens with zero attached hydrogens (tertiary/aromatic N) is 2. The Kier molecular flexibility index (Phi) is 5.86. The number of aromatic nitrogens is 2. The van der Waals surface area contributed by atoms with Crippen LogP contribution in [-0.2, 0) is 16.8 Å². The van der Waals surface area contributed by atoms with Crippen LogP contribution in [0.1, 0.15) is 41.5 Å². The van der Waals surface area contributed by atoms with E-state index in [0.29, 0.717) is 30.2 Å². The molecule has 1 saturated heterocycles. The SMILES string of the molecule is COc1cccc(C(=O)N[C@@H](C)C(=O)N2CCC3(CC2)NCCc2[nH]cnc23)c1OC. The fraction of sp³-hybridized carbons (Fsp3) is 0.500. The highest BCUT2D eigenvalue weighted by molar-refractivity contribution is 6.00. The van der Waals surface area contributed by atoms with Crippen molar-refractivity contribution in [2.24, 2.45) is 0 Å². The summed E-state index contributed by atoms with van der Waals surface area (Å²) >= 11 is 0. The molecule has 2 aromatic rings. The number of amides is 2. The summed E-state index contributed by atoms with van der Waals surface area (Å²) in [5, 5.41) is 6.43. The molecular formula is C22H29N5O4. The standard InChI is InChI=1S/C22H29N5O4/c1-14(26-20(28)15-5-4-6-17(30-2)18(15)31-3)21(29)27-11-8-22(9-12-27)19-16(7-10-25-22)23-13-24-19/h4-6,13-14,25H,7-12H2,1-3H3,(H,23,24)(H,26,28)/t14-/m0/s1. The summed E-state index contributed by atoms with van der Waals surface area (Å²) in [5.74, 6) is 0.344. The Balaban J connectivity index is 1.40. The summed E-state index contributed by atoms with van der Waals surface area (Å²) in [4.78, 5) is 35.4. The lowest BCUT2D eigenvalue weighted by Gasteiger charge is -2.44. The molecule has 0 unspecified atom stereocenters. The molecule has 1 spiro atoms. The molecule has 0 bridgehead atoms. The molecule has 2 aliphatic rings. The summed E-state index contributed by atoms with van der Waals surface area (Å²) in [6.45, 7) is 3.83. The fourth-order valence-corrected chi connectivity index (χ4v) is 4.63. The Labute approximate surface area is 181 Å². The summed E-state index contributed by atoms with van der Waals surface area (Å²) in [7, 11) is 3.00. The van der Waals surface area contributed by atoms with Gasteiger partial charge in [-0.25, -0.2) is 4.98 Å². The largest absolute Gasteiger partial charge is 0.493 e. The molecule has 166 valence electrons. The zero-order valence-electron chi connectivity index (χ0n) is 18.2. The first-order chi connectivity index (χ1) is 15.0. The number of piperidine rings is 1. The van der Waals surface area contributed by atoms with Gasteiger partial charge in [0.1, 0.15) is 6.04 Å². The van der Waals surface area contributed by atoms with Crippen LogP contribution in [0.2, 0.25) is 0 Å². The zero-order valence-corrected chi connectivity index (χ0v) is 18.2. The number of hydrogen-bond donors (Lipinski definition) is 3. The van der Waals surface area contributed by atoms with Crippen LogP contribution in [0, 0.1) is 0 Å². The van der Waals surface area contributed by atoms with Gasteiger partial charge in [-0.05, 0) is 31.9 Å². The third-order valence-electron chi connectivity index (χ3n) is 6.30. The van der Waals surface area contributed by atoms with Gasteiger partial charge in [0, 0.05) is 31.7 Å². The Morgan fingerprint density at radius 2 is 2.00 bits per heavy atom. The highest BCUT2D eigenvalue weighted by atomic mass is 16.5. The van der Waals surface area contributed by atoms with E-state index in [0.717, 1.165) is 31.5 Å². The molecule has 1 aromatic heterocycles. The van der Waals surface area contributed by atoms with E-state index in [1.807, 2.05) is 4.90 Å². The second-order valence-electron chi connectivity index (χ2n) is 8.05. The van der Waals surface area contributed by atoms with Crippen LogP contribution in [0.25, 0.3) is 0 Å². The van der Waals surface area contributed by atoms with E-state index < -0.39 is 6.04 Å². The number of ether oxygens (including phenoxy) is 2. The number of imidazole rings is 1. The molecule has 1 aromatic carbocycles. The highest BCUT2D eigenvalue weighted by Crippen LogP contribution is 2.36. The minimum Gasteiger partial charge on any atom is -0.493 e. The van der Waals surface area contributed by atoms with Crippen molar-refractivity contribution < 1.29 is 19.1 Å². The van der Waals surface area contributed by atoms with E-state index in [4.69, 9.17) is 9.47 Å². The van der Waals surface area contributed by atoms with Gasteiger partial charge in [-0.1, -0.05) is 6.07 Å². The molecule has 4 rings (SSSR count). The molecular weight excluding hydrogens is 398 g/mol. The molecule has 9 nitrogen and oxygen atoms in total. The Hall–Kier alpha value is -3.07. The van der Waals surface area contributed by atoms with Crippen molar-refractivity contribution in [1.82, 2.24) is 25.5 Å². The van der Waals surface area contributed by atoms with Crippen LogP contribution in [0.5, 0.6) is 11.5 Å². The number of aromatic amines is 1. The van der Waals surface area contributed by atoms with Gasteiger partial charge in [0.25, 0.3) is 5.91 Å². The summed E-state index contributed by atoms with van der Waals surface area (Å²) in [6.07, 6.45) is 4.28. The number of nitrogens with one attached hydrogen (secondary N) is 3. The van der Waals surface area contributed by atoms with Gasteiger partial charge in [-0.3, -0.25) is 9.59 Å². The van der Waals surface area contributed by atoms with Gasteiger partial charge >= 0.3 is 0 Å². The van der Waals surface area contributed by atoms with Crippen molar-refractivity contribution in [2.75, 3.05) is 33.9 Å². The average molecular weight is 428 g/mol. The van der Waals surface area contributed by atoms with Gasteiger partial charge in [0.15, 0.2) is 11.5 Å². The number of carbonyl (C=O) groups is 2. The number of H-pyrrole nitrogens is 1. The van der Waals surface area contributed by atoms with Crippen molar-refractivity contribution >= 4 is 11.8 Å². The number of carbonyl (C=O) groups excluding carboxylic acids is 2. The van der Waals surface area contributed by atoms with Gasteiger partial charge in [0.2, 0.25) is 5.91 Å². The van der Waals surface area contributed by atoms with E-state index in [-0.39, 0.29) is 17.4 Å². The summed E-state index contributed by atoms with van der Waals surface area (Å²) in [5.41, 5.74) is 2.42. The van der Waals surface area contributed by atoms with Crippen molar-refractivity contribution in [3.63, 3.8) is 0 Å². The van der Waals surface area contributed by atoms with E-state index >= 15 is 0 Å². The molecule has 0 aliphatic carbocycles. The molecule has 0 radical (unpaired) electrons. The third-order valence-corrected chi connectivity index (χ3v) is 6.30. The zero-order chi connectivity index (χ0) is 22.0. The predicted octanol–water partition coefficient (Wildman–Crippen LogP) is 1.21. The normalized spacial score (nSPS) is 18.2. The highest BCUT2D eigenvalue weighted by Gasteiger charge is 2.42. The first-order valence-electron chi connectivity index (χ1n) is 10.6. The smallest absolute Gasteiger partial charge is 0.255 e. The van der Waals surface area contributed by atoms with Crippen LogP contribution >= 0.6 is 0 Å². The van der Waals surface area contributed by atoms with Gasteiger partial charge in [-0.15, -0.1) is 0 Å². The summed E-state index contributed by atoms with van der Waals surface area (Å²) < 4.78 is 10.6. The second-order valence-corrected chi connectivity index (χ2v) is 8.05. The number of methoxy groups -OCH3 is 2. The van der Waals surface area contributed by atoms with Crippen molar-refractivity contribution in [2.45, 2.75) is 37.8 Å². The molecule has 3 N–H and O–H groups in total. The fourth-order valence-electron chi connectivity index (χ4n) is 4.63. The Morgan fingerprint density at radius 3 is 2.71 bits per heavy atom. The number of likely N-dealkylation sites (tertiary alicyclic amines) is 1. The molecule has 0 saturated carbocycles. The number of fused-ring (bicyclic) bond motifs is 2.